The summed E-state index contributed by atoms with van der Waals surface area (Å²) < 4.78 is 0. The lowest BCUT2D eigenvalue weighted by Gasteiger charge is -2.14. The molecule has 2 N–H and O–H groups in total. The molecule has 100 valence electrons. The minimum Gasteiger partial charge on any atom is -0.396 e. The van der Waals surface area contributed by atoms with Gasteiger partial charge >= 0.3 is 0 Å². The summed E-state index contributed by atoms with van der Waals surface area (Å²) in [6.45, 7) is 10.7. The van der Waals surface area contributed by atoms with Crippen molar-refractivity contribution in [1.82, 2.24) is 0 Å². The van der Waals surface area contributed by atoms with Gasteiger partial charge < -0.3 is 10.2 Å². The number of unbranched alkanes of at least 4 members (excludes halogenated alkanes) is 3. The van der Waals surface area contributed by atoms with E-state index in [1.165, 1.54) is 25.7 Å². The summed E-state index contributed by atoms with van der Waals surface area (Å²) in [5, 5.41) is 17.3. The summed E-state index contributed by atoms with van der Waals surface area (Å²) in [5.41, 5.74) is 0.300. The zero-order valence-electron chi connectivity index (χ0n) is 11.9. The van der Waals surface area contributed by atoms with E-state index in [1.54, 1.807) is 0 Å². The van der Waals surface area contributed by atoms with Crippen molar-refractivity contribution in [3.05, 3.63) is 0 Å². The van der Waals surface area contributed by atoms with Gasteiger partial charge in [0.1, 0.15) is 0 Å². The lowest BCUT2D eigenvalue weighted by Crippen LogP contribution is -2.06. The SMILES string of the molecule is CC(C)(C)CCO.CCCCCCC(C)O. The van der Waals surface area contributed by atoms with Crippen molar-refractivity contribution in [1.29, 1.82) is 0 Å². The maximum absolute atomic E-state index is 8.85. The second-order valence-electron chi connectivity index (χ2n) is 5.73. The van der Waals surface area contributed by atoms with Crippen molar-refractivity contribution in [3.8, 4) is 0 Å². The standard InChI is InChI=1S/C8H18O.C6H14O/c1-3-4-5-6-7-8(2)9;1-6(2,3)4-5-7/h8-9H,3-7H2,1-2H3;7H,4-5H2,1-3H3. The van der Waals surface area contributed by atoms with Crippen LogP contribution in [0.2, 0.25) is 0 Å². The average molecular weight is 232 g/mol. The van der Waals surface area contributed by atoms with Crippen molar-refractivity contribution >= 4 is 0 Å². The normalized spacial score (nSPS) is 12.9. The van der Waals surface area contributed by atoms with Gasteiger partial charge in [-0.05, 0) is 25.2 Å². The fourth-order valence-corrected chi connectivity index (χ4v) is 1.20. The Labute approximate surface area is 102 Å². The minimum absolute atomic E-state index is 0.0955. The quantitative estimate of drug-likeness (QED) is 0.685. The first-order valence-corrected chi connectivity index (χ1v) is 6.62. The van der Waals surface area contributed by atoms with Crippen molar-refractivity contribution in [2.24, 2.45) is 5.41 Å². The Kier molecular flexibility index (Phi) is 13.0. The van der Waals surface area contributed by atoms with Crippen LogP contribution >= 0.6 is 0 Å². The molecule has 0 radical (unpaired) electrons. The highest BCUT2D eigenvalue weighted by Gasteiger charge is 2.06. The van der Waals surface area contributed by atoms with Crippen LogP contribution in [-0.4, -0.2) is 22.9 Å². The third kappa shape index (κ3) is 23.6. The Hall–Kier alpha value is -0.0800. The maximum atomic E-state index is 8.85. The van der Waals surface area contributed by atoms with E-state index in [-0.39, 0.29) is 6.10 Å². The second kappa shape index (κ2) is 11.4. The summed E-state index contributed by atoms with van der Waals surface area (Å²) in [5.74, 6) is 0. The van der Waals surface area contributed by atoms with Gasteiger partial charge in [0.05, 0.1) is 6.10 Å². The molecular weight excluding hydrogens is 200 g/mol. The molecule has 0 aliphatic heterocycles. The second-order valence-corrected chi connectivity index (χ2v) is 5.73. The van der Waals surface area contributed by atoms with E-state index in [9.17, 15) is 0 Å². The van der Waals surface area contributed by atoms with Crippen LogP contribution in [0.15, 0.2) is 0 Å². The molecule has 0 saturated carbocycles. The Morgan fingerprint density at radius 1 is 1.06 bits per heavy atom. The Morgan fingerprint density at radius 3 is 1.88 bits per heavy atom. The molecule has 0 bridgehead atoms. The topological polar surface area (TPSA) is 40.5 Å². The van der Waals surface area contributed by atoms with Crippen LogP contribution in [0, 0.1) is 5.41 Å². The summed E-state index contributed by atoms with van der Waals surface area (Å²) in [6.07, 6.45) is 6.83. The molecule has 0 spiro atoms. The van der Waals surface area contributed by atoms with Crippen molar-refractivity contribution in [2.45, 2.75) is 79.2 Å². The predicted molar refractivity (Wildman–Crippen MR) is 71.6 cm³/mol. The number of aliphatic hydroxyl groups excluding tert-OH is 2. The number of rotatable bonds is 6. The van der Waals surface area contributed by atoms with Crippen molar-refractivity contribution in [3.63, 3.8) is 0 Å². The first-order chi connectivity index (χ1) is 7.33. The van der Waals surface area contributed by atoms with Gasteiger partial charge in [-0.2, -0.15) is 0 Å². The average Bonchev–Trinajstić information content (AvgIpc) is 2.11. The maximum Gasteiger partial charge on any atom is 0.0512 e. The summed E-state index contributed by atoms with van der Waals surface area (Å²) in [6, 6.07) is 0. The summed E-state index contributed by atoms with van der Waals surface area (Å²) >= 11 is 0. The minimum atomic E-state index is -0.0955. The van der Waals surface area contributed by atoms with E-state index in [1.807, 2.05) is 6.92 Å². The zero-order chi connectivity index (χ0) is 13.0. The Bertz CT molecular complexity index is 125. The smallest absolute Gasteiger partial charge is 0.0512 e. The van der Waals surface area contributed by atoms with E-state index < -0.39 is 0 Å². The molecule has 0 heterocycles. The zero-order valence-corrected chi connectivity index (χ0v) is 11.9. The lowest BCUT2D eigenvalue weighted by molar-refractivity contribution is 0.180. The molecular formula is C14H32O2. The van der Waals surface area contributed by atoms with Gasteiger partial charge in [-0.15, -0.1) is 0 Å². The molecule has 0 aliphatic carbocycles. The molecule has 1 atom stereocenters. The number of hydrogen-bond acceptors (Lipinski definition) is 2. The molecule has 0 aromatic carbocycles. The molecule has 16 heavy (non-hydrogen) atoms. The molecule has 0 saturated heterocycles. The van der Waals surface area contributed by atoms with Gasteiger partial charge in [0.25, 0.3) is 0 Å². The molecule has 2 nitrogen and oxygen atoms in total. The highest BCUT2D eigenvalue weighted by molar-refractivity contribution is 4.58. The first-order valence-electron chi connectivity index (χ1n) is 6.62. The van der Waals surface area contributed by atoms with Gasteiger partial charge in [-0.3, -0.25) is 0 Å². The van der Waals surface area contributed by atoms with Crippen LogP contribution in [-0.2, 0) is 0 Å². The van der Waals surface area contributed by atoms with Crippen molar-refractivity contribution in [2.75, 3.05) is 6.61 Å². The fraction of sp³-hybridized carbons (Fsp3) is 1.00. The predicted octanol–water partition coefficient (Wildman–Crippen LogP) is 3.75. The van der Waals surface area contributed by atoms with Crippen LogP contribution < -0.4 is 0 Å². The summed E-state index contributed by atoms with van der Waals surface area (Å²) in [4.78, 5) is 0. The third-order valence-electron chi connectivity index (χ3n) is 2.34. The van der Waals surface area contributed by atoms with Gasteiger partial charge in [0.2, 0.25) is 0 Å². The number of aliphatic hydroxyl groups is 2. The molecule has 0 aliphatic rings. The molecule has 0 amide bonds. The summed E-state index contributed by atoms with van der Waals surface area (Å²) in [7, 11) is 0. The monoisotopic (exact) mass is 232 g/mol. The Balaban J connectivity index is 0. The molecule has 0 aromatic heterocycles. The Morgan fingerprint density at radius 2 is 1.62 bits per heavy atom. The van der Waals surface area contributed by atoms with E-state index in [2.05, 4.69) is 27.7 Å². The first kappa shape index (κ1) is 18.3. The van der Waals surface area contributed by atoms with E-state index in [0.29, 0.717) is 12.0 Å². The highest BCUT2D eigenvalue weighted by Crippen LogP contribution is 2.16. The van der Waals surface area contributed by atoms with E-state index in [0.717, 1.165) is 12.8 Å². The van der Waals surface area contributed by atoms with Crippen LogP contribution in [0.4, 0.5) is 0 Å². The van der Waals surface area contributed by atoms with Gasteiger partial charge in [0, 0.05) is 6.61 Å². The van der Waals surface area contributed by atoms with Gasteiger partial charge in [-0.25, -0.2) is 0 Å². The van der Waals surface area contributed by atoms with E-state index in [4.69, 9.17) is 10.2 Å². The third-order valence-corrected chi connectivity index (χ3v) is 2.34. The lowest BCUT2D eigenvalue weighted by atomic mass is 9.93. The van der Waals surface area contributed by atoms with Crippen LogP contribution in [0.1, 0.15) is 73.1 Å². The molecule has 0 aromatic rings. The molecule has 0 rings (SSSR count). The molecule has 2 heteroatoms. The highest BCUT2D eigenvalue weighted by atomic mass is 16.3. The molecule has 1 unspecified atom stereocenters. The number of hydrogen-bond donors (Lipinski definition) is 2. The van der Waals surface area contributed by atoms with Crippen LogP contribution in [0.5, 0.6) is 0 Å². The van der Waals surface area contributed by atoms with Crippen LogP contribution in [0.25, 0.3) is 0 Å². The fourth-order valence-electron chi connectivity index (χ4n) is 1.20. The van der Waals surface area contributed by atoms with Gasteiger partial charge in [0.15, 0.2) is 0 Å². The largest absolute Gasteiger partial charge is 0.396 e. The van der Waals surface area contributed by atoms with Gasteiger partial charge in [-0.1, -0.05) is 53.4 Å². The molecule has 0 fully saturated rings. The van der Waals surface area contributed by atoms with Crippen LogP contribution in [0.3, 0.4) is 0 Å². The van der Waals surface area contributed by atoms with E-state index >= 15 is 0 Å². The van der Waals surface area contributed by atoms with Crippen molar-refractivity contribution < 1.29 is 10.2 Å².